The van der Waals surface area contributed by atoms with Gasteiger partial charge in [0.1, 0.15) is 22.3 Å². The molecule has 33 heavy (non-hydrogen) atoms. The number of pyridine rings is 1. The SMILES string of the molecule is Cc1cc(F)ccc1OC(C)(C)C(=O)N[C@H]1C[C@H]2CC[C@@H](C1)N2c1ccc(S(N)(=O)=O)cn1. The van der Waals surface area contributed by atoms with Crippen molar-refractivity contribution < 1.29 is 22.3 Å². The number of fused-ring (bicyclic) bond motifs is 2. The maximum absolute atomic E-state index is 13.4. The van der Waals surface area contributed by atoms with E-state index in [1.165, 1.54) is 30.5 Å². The van der Waals surface area contributed by atoms with Crippen molar-refractivity contribution in [3.63, 3.8) is 0 Å². The Bertz CT molecular complexity index is 1140. The molecule has 3 N–H and O–H groups in total. The van der Waals surface area contributed by atoms with Crippen LogP contribution in [0.1, 0.15) is 45.1 Å². The fraction of sp³-hybridized carbons (Fsp3) is 0.478. The molecule has 3 heterocycles. The average Bonchev–Trinajstić information content (AvgIpc) is 3.00. The summed E-state index contributed by atoms with van der Waals surface area (Å²) in [5.41, 5.74) is -0.493. The number of carbonyl (C=O) groups is 1. The average molecular weight is 477 g/mol. The van der Waals surface area contributed by atoms with Gasteiger partial charge in [-0.05, 0) is 82.3 Å². The molecule has 0 saturated carbocycles. The quantitative estimate of drug-likeness (QED) is 0.663. The predicted molar refractivity (Wildman–Crippen MR) is 122 cm³/mol. The van der Waals surface area contributed by atoms with E-state index < -0.39 is 15.6 Å². The van der Waals surface area contributed by atoms with Crippen LogP contribution in [0.2, 0.25) is 0 Å². The highest BCUT2D eigenvalue weighted by Gasteiger charge is 2.43. The number of hydrogen-bond acceptors (Lipinski definition) is 6. The number of aryl methyl sites for hydroxylation is 1. The second kappa shape index (κ2) is 8.57. The van der Waals surface area contributed by atoms with Gasteiger partial charge in [-0.2, -0.15) is 0 Å². The Kier molecular flexibility index (Phi) is 6.09. The van der Waals surface area contributed by atoms with Gasteiger partial charge in [-0.3, -0.25) is 4.79 Å². The molecule has 1 amide bonds. The summed E-state index contributed by atoms with van der Waals surface area (Å²) < 4.78 is 42.3. The second-order valence-corrected chi connectivity index (χ2v) is 10.9. The molecule has 2 aliphatic rings. The minimum atomic E-state index is -3.78. The minimum Gasteiger partial charge on any atom is -0.478 e. The monoisotopic (exact) mass is 476 g/mol. The zero-order valence-corrected chi connectivity index (χ0v) is 19.7. The van der Waals surface area contributed by atoms with E-state index in [0.717, 1.165) is 31.5 Å². The van der Waals surface area contributed by atoms with Gasteiger partial charge in [0.15, 0.2) is 5.60 Å². The molecule has 2 aliphatic heterocycles. The lowest BCUT2D eigenvalue weighted by atomic mass is 9.96. The van der Waals surface area contributed by atoms with Gasteiger partial charge < -0.3 is 15.0 Å². The second-order valence-electron chi connectivity index (χ2n) is 9.35. The van der Waals surface area contributed by atoms with E-state index in [-0.39, 0.29) is 34.7 Å². The van der Waals surface area contributed by atoms with Crippen LogP contribution in [0.15, 0.2) is 41.4 Å². The number of amides is 1. The molecule has 0 radical (unpaired) electrons. The summed E-state index contributed by atoms with van der Waals surface area (Å²) in [6, 6.07) is 7.77. The number of primary sulfonamides is 1. The van der Waals surface area contributed by atoms with E-state index in [0.29, 0.717) is 11.3 Å². The molecule has 2 fully saturated rings. The number of anilines is 1. The molecular formula is C23H29FN4O4S. The van der Waals surface area contributed by atoms with Gasteiger partial charge in [-0.25, -0.2) is 22.9 Å². The van der Waals surface area contributed by atoms with Crippen molar-refractivity contribution in [2.24, 2.45) is 5.14 Å². The molecule has 178 valence electrons. The van der Waals surface area contributed by atoms with Gasteiger partial charge in [-0.1, -0.05) is 0 Å². The largest absolute Gasteiger partial charge is 0.478 e. The van der Waals surface area contributed by atoms with Gasteiger partial charge in [-0.15, -0.1) is 0 Å². The Morgan fingerprint density at radius 2 is 1.88 bits per heavy atom. The first kappa shape index (κ1) is 23.4. The van der Waals surface area contributed by atoms with E-state index in [4.69, 9.17) is 9.88 Å². The topological polar surface area (TPSA) is 115 Å². The van der Waals surface area contributed by atoms with Gasteiger partial charge >= 0.3 is 0 Å². The van der Waals surface area contributed by atoms with E-state index in [2.05, 4.69) is 15.2 Å². The van der Waals surface area contributed by atoms with E-state index in [9.17, 15) is 17.6 Å². The predicted octanol–water partition coefficient (Wildman–Crippen LogP) is 2.65. The number of aromatic nitrogens is 1. The first-order valence-corrected chi connectivity index (χ1v) is 12.5. The number of nitrogens with one attached hydrogen (secondary N) is 1. The Hall–Kier alpha value is -2.72. The summed E-state index contributed by atoms with van der Waals surface area (Å²) in [4.78, 5) is 19.6. The Morgan fingerprint density at radius 1 is 1.21 bits per heavy atom. The van der Waals surface area contributed by atoms with Crippen LogP contribution < -0.4 is 20.1 Å². The van der Waals surface area contributed by atoms with Gasteiger partial charge in [0.25, 0.3) is 5.91 Å². The number of piperidine rings is 1. The van der Waals surface area contributed by atoms with Crippen molar-refractivity contribution in [2.45, 2.75) is 75.1 Å². The lowest BCUT2D eigenvalue weighted by Gasteiger charge is -2.40. The van der Waals surface area contributed by atoms with Crippen molar-refractivity contribution in [1.29, 1.82) is 0 Å². The third-order valence-electron chi connectivity index (χ3n) is 6.43. The van der Waals surface area contributed by atoms with Crippen LogP contribution in [0.4, 0.5) is 10.2 Å². The van der Waals surface area contributed by atoms with Crippen LogP contribution in [0.3, 0.4) is 0 Å². The van der Waals surface area contributed by atoms with Gasteiger partial charge in [0.2, 0.25) is 10.0 Å². The van der Waals surface area contributed by atoms with Crippen molar-refractivity contribution in [3.8, 4) is 5.75 Å². The molecule has 0 spiro atoms. The highest BCUT2D eigenvalue weighted by Crippen LogP contribution is 2.39. The summed E-state index contributed by atoms with van der Waals surface area (Å²) in [6.45, 7) is 5.14. The highest BCUT2D eigenvalue weighted by atomic mass is 32.2. The summed E-state index contributed by atoms with van der Waals surface area (Å²) in [5, 5.41) is 8.30. The number of nitrogens with zero attached hydrogens (tertiary/aromatic N) is 2. The number of nitrogens with two attached hydrogens (primary N) is 1. The first-order chi connectivity index (χ1) is 15.4. The van der Waals surface area contributed by atoms with E-state index >= 15 is 0 Å². The molecule has 2 bridgehead atoms. The molecule has 2 saturated heterocycles. The molecular weight excluding hydrogens is 447 g/mol. The van der Waals surface area contributed by atoms with Crippen LogP contribution in [-0.4, -0.2) is 43.0 Å². The minimum absolute atomic E-state index is 0.00728. The van der Waals surface area contributed by atoms with E-state index in [1.54, 1.807) is 26.8 Å². The maximum Gasteiger partial charge on any atom is 0.263 e. The van der Waals surface area contributed by atoms with Crippen LogP contribution >= 0.6 is 0 Å². The smallest absolute Gasteiger partial charge is 0.263 e. The summed E-state index contributed by atoms with van der Waals surface area (Å²) in [5.74, 6) is 0.619. The fourth-order valence-corrected chi connectivity index (χ4v) is 5.23. The summed E-state index contributed by atoms with van der Waals surface area (Å²) in [7, 11) is -3.78. The number of halogens is 1. The number of sulfonamides is 1. The Balaban J connectivity index is 1.41. The Labute approximate surface area is 193 Å². The first-order valence-electron chi connectivity index (χ1n) is 11.0. The molecule has 1 aromatic carbocycles. The lowest BCUT2D eigenvalue weighted by molar-refractivity contribution is -0.135. The van der Waals surface area contributed by atoms with Crippen LogP contribution in [-0.2, 0) is 14.8 Å². The number of benzene rings is 1. The zero-order valence-electron chi connectivity index (χ0n) is 18.9. The normalized spacial score (nSPS) is 22.8. The molecule has 3 atom stereocenters. The molecule has 4 rings (SSSR count). The standard InChI is InChI=1S/C23H29FN4O4S/c1-14-10-15(24)4-8-20(14)32-23(2,3)22(29)27-16-11-17-5-6-18(12-16)28(17)21-9-7-19(13-26-21)33(25,30)31/h4,7-10,13,16-18H,5-6,11-12H2,1-3H3,(H,27,29)(H2,25,30,31)/t16-,17+,18-. The summed E-state index contributed by atoms with van der Waals surface area (Å²) in [6.07, 6.45) is 4.75. The third kappa shape index (κ3) is 4.96. The number of rotatable bonds is 6. The molecule has 1 aromatic heterocycles. The molecule has 0 aliphatic carbocycles. The van der Waals surface area contributed by atoms with Crippen molar-refractivity contribution in [3.05, 3.63) is 47.9 Å². The molecule has 10 heteroatoms. The third-order valence-corrected chi connectivity index (χ3v) is 7.33. The number of carbonyl (C=O) groups excluding carboxylic acids is 1. The summed E-state index contributed by atoms with van der Waals surface area (Å²) >= 11 is 0. The number of ether oxygens (including phenoxy) is 1. The van der Waals surface area contributed by atoms with Gasteiger partial charge in [0, 0.05) is 24.3 Å². The fourth-order valence-electron chi connectivity index (χ4n) is 4.77. The molecule has 2 aromatic rings. The highest BCUT2D eigenvalue weighted by molar-refractivity contribution is 7.89. The lowest BCUT2D eigenvalue weighted by Crippen LogP contribution is -2.55. The number of hydrogen-bond donors (Lipinski definition) is 2. The molecule has 8 nitrogen and oxygen atoms in total. The van der Waals surface area contributed by atoms with Crippen molar-refractivity contribution >= 4 is 21.7 Å². The Morgan fingerprint density at radius 3 is 2.42 bits per heavy atom. The van der Waals surface area contributed by atoms with Crippen LogP contribution in [0, 0.1) is 12.7 Å². The van der Waals surface area contributed by atoms with E-state index in [1.807, 2.05) is 0 Å². The van der Waals surface area contributed by atoms with Gasteiger partial charge in [0.05, 0.1) is 0 Å². The zero-order chi connectivity index (χ0) is 24.0. The van der Waals surface area contributed by atoms with Crippen molar-refractivity contribution in [2.75, 3.05) is 4.90 Å². The molecule has 0 unspecified atom stereocenters. The van der Waals surface area contributed by atoms with Crippen LogP contribution in [0.5, 0.6) is 5.75 Å². The maximum atomic E-state index is 13.4. The van der Waals surface area contributed by atoms with Crippen LogP contribution in [0.25, 0.3) is 0 Å². The van der Waals surface area contributed by atoms with Crippen molar-refractivity contribution in [1.82, 2.24) is 10.3 Å².